The molecule has 3 rings (SSSR count). The average molecular weight is 312 g/mol. The molecule has 0 N–H and O–H groups in total. The highest BCUT2D eigenvalue weighted by atomic mass is 19.2. The fraction of sp³-hybridized carbons (Fsp3) is 0. The summed E-state index contributed by atoms with van der Waals surface area (Å²) in [4.78, 5) is 24.0. The lowest BCUT2D eigenvalue weighted by Crippen LogP contribution is -2.11. The minimum absolute atomic E-state index is 0.123. The number of halogens is 2. The zero-order valence-corrected chi connectivity index (χ0v) is 11.8. The highest BCUT2D eigenvalue weighted by Crippen LogP contribution is 2.14. The molecule has 3 nitrogen and oxygen atoms in total. The Morgan fingerprint density at radius 2 is 1.78 bits per heavy atom. The standard InChI is InChI=1S/C18H10F2O3/c19-14-7-5-11(9-15(14)20)6-8-16(21)13-10-12-3-1-2-4-17(12)23-18(13)22/h1-10H/b8-6+. The molecule has 0 amide bonds. The molecule has 0 radical (unpaired) electrons. The van der Waals surface area contributed by atoms with Crippen molar-refractivity contribution in [1.82, 2.24) is 0 Å². The Labute approximate surface area is 129 Å². The van der Waals surface area contributed by atoms with Crippen LogP contribution in [-0.2, 0) is 0 Å². The van der Waals surface area contributed by atoms with E-state index in [1.54, 1.807) is 24.3 Å². The highest BCUT2D eigenvalue weighted by molar-refractivity contribution is 6.07. The Morgan fingerprint density at radius 3 is 2.57 bits per heavy atom. The SMILES string of the molecule is O=C(/C=C/c1ccc(F)c(F)c1)c1cc2ccccc2oc1=O. The molecular formula is C18H10F2O3. The smallest absolute Gasteiger partial charge is 0.347 e. The topological polar surface area (TPSA) is 47.3 Å². The second-order valence-electron chi connectivity index (χ2n) is 4.86. The van der Waals surface area contributed by atoms with Crippen LogP contribution in [0.5, 0.6) is 0 Å². The number of allylic oxidation sites excluding steroid dienone is 1. The lowest BCUT2D eigenvalue weighted by atomic mass is 10.1. The first kappa shape index (κ1) is 14.8. The molecule has 2 aromatic carbocycles. The fourth-order valence-electron chi connectivity index (χ4n) is 2.11. The van der Waals surface area contributed by atoms with Gasteiger partial charge in [-0.15, -0.1) is 0 Å². The number of hydrogen-bond donors (Lipinski definition) is 0. The summed E-state index contributed by atoms with van der Waals surface area (Å²) >= 11 is 0. The highest BCUT2D eigenvalue weighted by Gasteiger charge is 2.11. The van der Waals surface area contributed by atoms with Gasteiger partial charge in [0.2, 0.25) is 0 Å². The van der Waals surface area contributed by atoms with Gasteiger partial charge >= 0.3 is 5.63 Å². The monoisotopic (exact) mass is 312 g/mol. The first-order chi connectivity index (χ1) is 11.0. The molecule has 1 heterocycles. The molecule has 3 aromatic rings. The van der Waals surface area contributed by atoms with Crippen LogP contribution in [0.1, 0.15) is 15.9 Å². The van der Waals surface area contributed by atoms with Gasteiger partial charge in [-0.2, -0.15) is 0 Å². The third-order valence-electron chi connectivity index (χ3n) is 3.28. The van der Waals surface area contributed by atoms with Gasteiger partial charge in [0.05, 0.1) is 0 Å². The molecule has 0 fully saturated rings. The zero-order chi connectivity index (χ0) is 16.4. The van der Waals surface area contributed by atoms with Crippen molar-refractivity contribution in [3.63, 3.8) is 0 Å². The van der Waals surface area contributed by atoms with Crippen LogP contribution >= 0.6 is 0 Å². The molecule has 114 valence electrons. The van der Waals surface area contributed by atoms with E-state index in [9.17, 15) is 18.4 Å². The van der Waals surface area contributed by atoms with Crippen molar-refractivity contribution < 1.29 is 18.0 Å². The van der Waals surface area contributed by atoms with Crippen LogP contribution in [0, 0.1) is 11.6 Å². The maximum absolute atomic E-state index is 13.1. The van der Waals surface area contributed by atoms with Gasteiger partial charge in [-0.25, -0.2) is 13.6 Å². The number of fused-ring (bicyclic) bond motifs is 1. The zero-order valence-electron chi connectivity index (χ0n) is 11.8. The van der Waals surface area contributed by atoms with Gasteiger partial charge in [-0.1, -0.05) is 30.3 Å². The second kappa shape index (κ2) is 5.96. The third-order valence-corrected chi connectivity index (χ3v) is 3.28. The lowest BCUT2D eigenvalue weighted by molar-refractivity contribution is 0.104. The molecule has 0 bridgehead atoms. The molecule has 0 saturated heterocycles. The van der Waals surface area contributed by atoms with Crippen molar-refractivity contribution in [3.05, 3.63) is 87.8 Å². The summed E-state index contributed by atoms with van der Waals surface area (Å²) in [6, 6.07) is 11.5. The summed E-state index contributed by atoms with van der Waals surface area (Å²) in [6.45, 7) is 0. The molecule has 0 atom stereocenters. The van der Waals surface area contributed by atoms with Gasteiger partial charge < -0.3 is 4.42 Å². The summed E-state index contributed by atoms with van der Waals surface area (Å²) in [5.74, 6) is -2.55. The maximum Gasteiger partial charge on any atom is 0.347 e. The Balaban J connectivity index is 1.93. The normalized spacial score (nSPS) is 11.2. The number of carbonyl (C=O) groups is 1. The van der Waals surface area contributed by atoms with E-state index >= 15 is 0 Å². The fourth-order valence-corrected chi connectivity index (χ4v) is 2.11. The summed E-state index contributed by atoms with van der Waals surface area (Å²) < 4.78 is 31.0. The van der Waals surface area contributed by atoms with Crippen LogP contribution in [0.25, 0.3) is 17.0 Å². The second-order valence-corrected chi connectivity index (χ2v) is 4.86. The predicted molar refractivity (Wildman–Crippen MR) is 82.2 cm³/mol. The number of para-hydroxylation sites is 1. The van der Waals surface area contributed by atoms with Crippen molar-refractivity contribution in [1.29, 1.82) is 0 Å². The number of hydrogen-bond acceptors (Lipinski definition) is 3. The molecule has 1 aromatic heterocycles. The van der Waals surface area contributed by atoms with E-state index in [1.807, 2.05) is 0 Å². The predicted octanol–water partition coefficient (Wildman–Crippen LogP) is 3.97. The van der Waals surface area contributed by atoms with Crippen LogP contribution in [0.4, 0.5) is 8.78 Å². The van der Waals surface area contributed by atoms with E-state index in [0.29, 0.717) is 16.5 Å². The van der Waals surface area contributed by atoms with Crippen LogP contribution in [0.15, 0.2) is 63.8 Å². The van der Waals surface area contributed by atoms with Crippen molar-refractivity contribution in [2.24, 2.45) is 0 Å². The molecule has 0 aliphatic carbocycles. The average Bonchev–Trinajstić information content (AvgIpc) is 2.55. The van der Waals surface area contributed by atoms with Gasteiger partial charge in [0.1, 0.15) is 11.1 Å². The van der Waals surface area contributed by atoms with Gasteiger partial charge in [0.15, 0.2) is 17.4 Å². The van der Waals surface area contributed by atoms with E-state index < -0.39 is 23.0 Å². The van der Waals surface area contributed by atoms with Gasteiger partial charge in [0, 0.05) is 5.39 Å². The number of rotatable bonds is 3. The largest absolute Gasteiger partial charge is 0.422 e. The van der Waals surface area contributed by atoms with E-state index in [1.165, 1.54) is 18.2 Å². The first-order valence-electron chi connectivity index (χ1n) is 6.75. The third kappa shape index (κ3) is 3.08. The summed E-state index contributed by atoms with van der Waals surface area (Å²) in [5, 5.41) is 0.622. The minimum atomic E-state index is -1.01. The quantitative estimate of drug-likeness (QED) is 0.418. The number of ketones is 1. The van der Waals surface area contributed by atoms with Crippen LogP contribution in [-0.4, -0.2) is 5.78 Å². The van der Waals surface area contributed by atoms with Crippen LogP contribution < -0.4 is 5.63 Å². The lowest BCUT2D eigenvalue weighted by Gasteiger charge is -1.99. The molecule has 0 aliphatic rings. The van der Waals surface area contributed by atoms with Gasteiger partial charge in [0.25, 0.3) is 0 Å². The van der Waals surface area contributed by atoms with Gasteiger partial charge in [-0.05, 0) is 35.9 Å². The van der Waals surface area contributed by atoms with E-state index in [-0.39, 0.29) is 5.56 Å². The number of benzene rings is 2. The Morgan fingerprint density at radius 1 is 1.00 bits per heavy atom. The summed E-state index contributed by atoms with van der Waals surface area (Å²) in [7, 11) is 0. The minimum Gasteiger partial charge on any atom is -0.422 e. The molecule has 0 saturated carbocycles. The van der Waals surface area contributed by atoms with Crippen molar-refractivity contribution in [2.75, 3.05) is 0 Å². The molecule has 23 heavy (non-hydrogen) atoms. The van der Waals surface area contributed by atoms with Crippen molar-refractivity contribution >= 4 is 22.8 Å². The van der Waals surface area contributed by atoms with Crippen LogP contribution in [0.3, 0.4) is 0 Å². The molecule has 0 spiro atoms. The van der Waals surface area contributed by atoms with E-state index in [4.69, 9.17) is 4.42 Å². The van der Waals surface area contributed by atoms with E-state index in [2.05, 4.69) is 0 Å². The Bertz CT molecular complexity index is 987. The van der Waals surface area contributed by atoms with Crippen LogP contribution in [0.2, 0.25) is 0 Å². The van der Waals surface area contributed by atoms with Gasteiger partial charge in [-0.3, -0.25) is 4.79 Å². The maximum atomic E-state index is 13.1. The Hall–Kier alpha value is -3.08. The molecule has 0 aliphatic heterocycles. The summed E-state index contributed by atoms with van der Waals surface area (Å²) in [6.07, 6.45) is 2.42. The molecular weight excluding hydrogens is 302 g/mol. The Kier molecular flexibility index (Phi) is 3.85. The number of carbonyl (C=O) groups excluding carboxylic acids is 1. The van der Waals surface area contributed by atoms with Crippen molar-refractivity contribution in [2.45, 2.75) is 0 Å². The molecule has 0 unspecified atom stereocenters. The van der Waals surface area contributed by atoms with E-state index in [0.717, 1.165) is 18.2 Å². The van der Waals surface area contributed by atoms with Crippen molar-refractivity contribution in [3.8, 4) is 0 Å². The molecule has 5 heteroatoms. The summed E-state index contributed by atoms with van der Waals surface area (Å²) in [5.41, 5.74) is -0.174. The first-order valence-corrected chi connectivity index (χ1v) is 6.75.